The van der Waals surface area contributed by atoms with Crippen LogP contribution in [-0.4, -0.2) is 63.0 Å². The van der Waals surface area contributed by atoms with E-state index in [-0.39, 0.29) is 16.8 Å². The number of rotatable bonds is 6. The van der Waals surface area contributed by atoms with Crippen molar-refractivity contribution < 1.29 is 13.2 Å². The molecule has 5 rings (SSSR count). The number of nitrogens with zero attached hydrogens (tertiary/aromatic N) is 5. The molecule has 0 radical (unpaired) electrons. The Balaban J connectivity index is 1.26. The molecule has 9 nitrogen and oxygen atoms in total. The van der Waals surface area contributed by atoms with Crippen molar-refractivity contribution in [2.24, 2.45) is 11.1 Å². The lowest BCUT2D eigenvalue weighted by Crippen LogP contribution is -2.54. The number of para-hydroxylation sites is 1. The van der Waals surface area contributed by atoms with Crippen LogP contribution in [0.25, 0.3) is 0 Å². The quantitative estimate of drug-likeness (QED) is 0.463. The standard InChI is InChI=1S/C32H38N6O3S/c1-22-17-23(2)28(19-27(22)18-25-10-13-36(14-11-25)29-8-5-4-7-26(29)20-33)32(39)37-15-16-38(24(3)21-37)31-30(42(34,40)41)9-6-12-35-31/h4-9,12,17,19,24-25H,10-11,13-16,18,21H2,1-3H3,(H2,34,40,41)/t24-/m1/s1. The van der Waals surface area contributed by atoms with Crippen LogP contribution < -0.4 is 14.9 Å². The van der Waals surface area contributed by atoms with E-state index in [1.165, 1.54) is 17.2 Å². The number of carbonyl (C=O) groups is 1. The first kappa shape index (κ1) is 29.5. The molecule has 2 saturated heterocycles. The third-order valence-corrected chi connectivity index (χ3v) is 9.58. The predicted molar refractivity (Wildman–Crippen MR) is 164 cm³/mol. The van der Waals surface area contributed by atoms with Gasteiger partial charge in [0.05, 0.1) is 11.3 Å². The summed E-state index contributed by atoms with van der Waals surface area (Å²) in [5.74, 6) is 0.834. The highest BCUT2D eigenvalue weighted by atomic mass is 32.2. The second-order valence-corrected chi connectivity index (χ2v) is 13.1. The Morgan fingerprint density at radius 3 is 2.48 bits per heavy atom. The lowest BCUT2D eigenvalue weighted by molar-refractivity contribution is 0.0724. The van der Waals surface area contributed by atoms with Gasteiger partial charge in [-0.2, -0.15) is 5.26 Å². The van der Waals surface area contributed by atoms with Crippen LogP contribution in [0.5, 0.6) is 0 Å². The number of nitriles is 1. The van der Waals surface area contributed by atoms with Crippen LogP contribution in [-0.2, 0) is 16.4 Å². The average Bonchev–Trinajstić information content (AvgIpc) is 2.98. The minimum atomic E-state index is -3.93. The Bertz CT molecular complexity index is 1630. The maximum atomic E-state index is 13.8. The molecule has 42 heavy (non-hydrogen) atoms. The molecule has 220 valence electrons. The molecule has 2 N–H and O–H groups in total. The zero-order chi connectivity index (χ0) is 30.0. The summed E-state index contributed by atoms with van der Waals surface area (Å²) in [5.41, 5.74) is 5.81. The van der Waals surface area contributed by atoms with E-state index in [2.05, 4.69) is 35.0 Å². The van der Waals surface area contributed by atoms with Gasteiger partial charge in [0, 0.05) is 50.5 Å². The highest BCUT2D eigenvalue weighted by Gasteiger charge is 2.32. The van der Waals surface area contributed by atoms with Gasteiger partial charge in [0.25, 0.3) is 5.91 Å². The predicted octanol–water partition coefficient (Wildman–Crippen LogP) is 4.03. The summed E-state index contributed by atoms with van der Waals surface area (Å²) in [6.45, 7) is 9.25. The van der Waals surface area contributed by atoms with Crippen LogP contribution in [0.2, 0.25) is 0 Å². The molecule has 2 aromatic carbocycles. The van der Waals surface area contributed by atoms with Gasteiger partial charge in [0.1, 0.15) is 16.8 Å². The molecule has 3 heterocycles. The number of pyridine rings is 1. The summed E-state index contributed by atoms with van der Waals surface area (Å²) < 4.78 is 24.3. The van der Waals surface area contributed by atoms with Gasteiger partial charge in [-0.3, -0.25) is 4.79 Å². The molecule has 0 spiro atoms. The molecule has 10 heteroatoms. The van der Waals surface area contributed by atoms with E-state index in [9.17, 15) is 18.5 Å². The summed E-state index contributed by atoms with van der Waals surface area (Å²) in [6.07, 6.45) is 4.54. The van der Waals surface area contributed by atoms with Crippen molar-refractivity contribution in [2.75, 3.05) is 42.5 Å². The van der Waals surface area contributed by atoms with Gasteiger partial charge in [-0.1, -0.05) is 18.2 Å². The number of carbonyl (C=O) groups excluding carboxylic acids is 1. The Kier molecular flexibility index (Phi) is 8.53. The number of primary sulfonamides is 1. The third kappa shape index (κ3) is 6.13. The number of hydrogen-bond acceptors (Lipinski definition) is 7. The normalized spacial score (nSPS) is 18.2. The third-order valence-electron chi connectivity index (χ3n) is 8.65. The second kappa shape index (κ2) is 12.1. The van der Waals surface area contributed by atoms with Gasteiger partial charge in [-0.05, 0) is 93.0 Å². The number of sulfonamides is 1. The van der Waals surface area contributed by atoms with Crippen molar-refractivity contribution in [3.63, 3.8) is 0 Å². The Hall–Kier alpha value is -3.94. The minimum Gasteiger partial charge on any atom is -0.370 e. The van der Waals surface area contributed by atoms with Gasteiger partial charge < -0.3 is 14.7 Å². The molecule has 0 saturated carbocycles. The smallest absolute Gasteiger partial charge is 0.254 e. The van der Waals surface area contributed by atoms with Gasteiger partial charge in [0.2, 0.25) is 10.0 Å². The molecule has 2 aliphatic heterocycles. The fraction of sp³-hybridized carbons (Fsp3) is 0.406. The maximum Gasteiger partial charge on any atom is 0.254 e. The van der Waals surface area contributed by atoms with Gasteiger partial charge in [-0.15, -0.1) is 0 Å². The highest BCUT2D eigenvalue weighted by molar-refractivity contribution is 7.89. The number of piperazine rings is 1. The molecule has 1 amide bonds. The van der Waals surface area contributed by atoms with E-state index >= 15 is 0 Å². The molecule has 0 bridgehead atoms. The van der Waals surface area contributed by atoms with Crippen LogP contribution >= 0.6 is 0 Å². The van der Waals surface area contributed by atoms with Gasteiger partial charge in [-0.25, -0.2) is 18.5 Å². The molecule has 2 aliphatic rings. The first-order valence-corrected chi connectivity index (χ1v) is 16.0. The van der Waals surface area contributed by atoms with Crippen molar-refractivity contribution in [2.45, 2.75) is 51.0 Å². The van der Waals surface area contributed by atoms with Crippen LogP contribution in [0.4, 0.5) is 11.5 Å². The van der Waals surface area contributed by atoms with E-state index < -0.39 is 10.0 Å². The lowest BCUT2D eigenvalue weighted by atomic mass is 9.86. The van der Waals surface area contributed by atoms with Crippen LogP contribution in [0.3, 0.4) is 0 Å². The topological polar surface area (TPSA) is 124 Å². The monoisotopic (exact) mass is 586 g/mol. The fourth-order valence-corrected chi connectivity index (χ4v) is 7.02. The second-order valence-electron chi connectivity index (χ2n) is 11.5. The average molecular weight is 587 g/mol. The molecular weight excluding hydrogens is 548 g/mol. The first-order chi connectivity index (χ1) is 20.1. The number of benzene rings is 2. The summed E-state index contributed by atoms with van der Waals surface area (Å²) in [6, 6.07) is 17.2. The molecule has 2 fully saturated rings. The van der Waals surface area contributed by atoms with Crippen molar-refractivity contribution in [1.82, 2.24) is 9.88 Å². The number of piperidine rings is 1. The van der Waals surface area contributed by atoms with Gasteiger partial charge >= 0.3 is 0 Å². The van der Waals surface area contributed by atoms with Crippen molar-refractivity contribution in [3.05, 3.63) is 82.5 Å². The van der Waals surface area contributed by atoms with Crippen molar-refractivity contribution in [1.29, 1.82) is 5.26 Å². The Labute approximate surface area is 248 Å². The lowest BCUT2D eigenvalue weighted by Gasteiger charge is -2.41. The SMILES string of the molecule is Cc1cc(C)c(C(=O)N2CCN(c3ncccc3S(N)(=O)=O)[C@H](C)C2)cc1CC1CCN(c2ccccc2C#N)CC1. The number of anilines is 2. The Morgan fingerprint density at radius 2 is 1.79 bits per heavy atom. The molecule has 0 aliphatic carbocycles. The van der Waals surface area contributed by atoms with E-state index in [0.717, 1.165) is 49.2 Å². The summed E-state index contributed by atoms with van der Waals surface area (Å²) >= 11 is 0. The molecule has 0 unspecified atom stereocenters. The zero-order valence-corrected chi connectivity index (χ0v) is 25.3. The summed E-state index contributed by atoms with van der Waals surface area (Å²) in [4.78, 5) is 24.2. The molecule has 1 aromatic heterocycles. The summed E-state index contributed by atoms with van der Waals surface area (Å²) in [5, 5.41) is 14.9. The van der Waals surface area contributed by atoms with Crippen LogP contribution in [0.15, 0.2) is 59.6 Å². The fourth-order valence-electron chi connectivity index (χ4n) is 6.33. The minimum absolute atomic E-state index is 0.00382. The van der Waals surface area contributed by atoms with Crippen molar-refractivity contribution >= 4 is 27.4 Å². The van der Waals surface area contributed by atoms with E-state index in [0.29, 0.717) is 36.9 Å². The number of aromatic nitrogens is 1. The van der Waals surface area contributed by atoms with Crippen LogP contribution in [0.1, 0.15) is 52.4 Å². The zero-order valence-electron chi connectivity index (χ0n) is 24.5. The van der Waals surface area contributed by atoms with Crippen molar-refractivity contribution in [3.8, 4) is 6.07 Å². The summed E-state index contributed by atoms with van der Waals surface area (Å²) in [7, 11) is -3.93. The van der Waals surface area contributed by atoms with E-state index in [1.807, 2.05) is 47.9 Å². The molecule has 1 atom stereocenters. The number of hydrogen-bond donors (Lipinski definition) is 1. The number of nitrogens with two attached hydrogens (primary N) is 1. The number of amides is 1. The Morgan fingerprint density at radius 1 is 1.05 bits per heavy atom. The molecule has 3 aromatic rings. The largest absolute Gasteiger partial charge is 0.370 e. The molecular formula is C32H38N6O3S. The maximum absolute atomic E-state index is 13.8. The van der Waals surface area contributed by atoms with E-state index in [4.69, 9.17) is 5.14 Å². The van der Waals surface area contributed by atoms with Gasteiger partial charge in [0.15, 0.2) is 0 Å². The highest BCUT2D eigenvalue weighted by Crippen LogP contribution is 2.30. The van der Waals surface area contributed by atoms with E-state index in [1.54, 1.807) is 12.3 Å². The first-order valence-electron chi connectivity index (χ1n) is 14.4. The van der Waals surface area contributed by atoms with Crippen LogP contribution in [0, 0.1) is 31.1 Å². The number of aryl methyl sites for hydroxylation is 2.